The van der Waals surface area contributed by atoms with Crippen molar-refractivity contribution in [3.05, 3.63) is 29.3 Å². The van der Waals surface area contributed by atoms with Gasteiger partial charge in [-0.15, -0.1) is 0 Å². The molecule has 0 saturated carbocycles. The maximum Gasteiger partial charge on any atom is 0.244 e. The highest BCUT2D eigenvalue weighted by Gasteiger charge is 2.34. The number of hydrogen-bond acceptors (Lipinski definition) is 3. The zero-order valence-corrected chi connectivity index (χ0v) is 14.1. The van der Waals surface area contributed by atoms with Gasteiger partial charge < -0.3 is 4.90 Å². The summed E-state index contributed by atoms with van der Waals surface area (Å²) in [5, 5.41) is 9.12. The second-order valence-corrected chi connectivity index (χ2v) is 6.86. The number of nitrogens with zero attached hydrogens (tertiary/aromatic N) is 3. The molecule has 2 aliphatic rings. The van der Waals surface area contributed by atoms with Crippen LogP contribution < -0.4 is 4.90 Å². The first kappa shape index (κ1) is 16.0. The Labute approximate surface area is 138 Å². The molecule has 1 aromatic carbocycles. The van der Waals surface area contributed by atoms with E-state index in [1.165, 1.54) is 18.4 Å². The summed E-state index contributed by atoms with van der Waals surface area (Å²) >= 11 is 0. The van der Waals surface area contributed by atoms with Crippen LogP contribution in [0.3, 0.4) is 0 Å². The minimum absolute atomic E-state index is 0.0329. The Morgan fingerprint density at radius 2 is 2.26 bits per heavy atom. The van der Waals surface area contributed by atoms with E-state index in [0.717, 1.165) is 38.2 Å². The highest BCUT2D eigenvalue weighted by atomic mass is 16.2. The number of piperidine rings is 1. The number of hydrogen-bond donors (Lipinski definition) is 0. The van der Waals surface area contributed by atoms with Crippen LogP contribution in [0.15, 0.2) is 18.2 Å². The fourth-order valence-corrected chi connectivity index (χ4v) is 3.96. The molecule has 2 atom stereocenters. The van der Waals surface area contributed by atoms with E-state index in [2.05, 4.69) is 24.8 Å². The lowest BCUT2D eigenvalue weighted by Gasteiger charge is -2.37. The van der Waals surface area contributed by atoms with Crippen LogP contribution in [0.2, 0.25) is 0 Å². The van der Waals surface area contributed by atoms with E-state index in [4.69, 9.17) is 5.26 Å². The molecule has 0 aromatic heterocycles. The largest absolute Gasteiger partial charge is 0.310 e. The molecule has 0 bridgehead atoms. The second kappa shape index (κ2) is 6.72. The van der Waals surface area contributed by atoms with Crippen molar-refractivity contribution >= 4 is 11.6 Å². The summed E-state index contributed by atoms with van der Waals surface area (Å²) in [5.41, 5.74) is 2.75. The number of likely N-dealkylation sites (tertiary alicyclic amines) is 1. The van der Waals surface area contributed by atoms with Crippen molar-refractivity contribution in [3.63, 3.8) is 0 Å². The van der Waals surface area contributed by atoms with E-state index in [0.29, 0.717) is 11.5 Å². The number of amides is 1. The summed E-state index contributed by atoms with van der Waals surface area (Å²) in [6, 6.07) is 7.85. The van der Waals surface area contributed by atoms with E-state index in [1.807, 2.05) is 23.1 Å². The number of nitriles is 1. The van der Waals surface area contributed by atoms with Crippen LogP contribution in [0.5, 0.6) is 0 Å². The molecule has 1 saturated heterocycles. The third-order valence-corrected chi connectivity index (χ3v) is 5.18. The van der Waals surface area contributed by atoms with E-state index in [-0.39, 0.29) is 11.9 Å². The van der Waals surface area contributed by atoms with Crippen LogP contribution in [-0.4, -0.2) is 36.5 Å². The van der Waals surface area contributed by atoms with Gasteiger partial charge in [-0.2, -0.15) is 5.26 Å². The van der Waals surface area contributed by atoms with E-state index < -0.39 is 0 Å². The van der Waals surface area contributed by atoms with E-state index >= 15 is 0 Å². The van der Waals surface area contributed by atoms with Gasteiger partial charge in [-0.25, -0.2) is 0 Å². The van der Waals surface area contributed by atoms with Gasteiger partial charge in [0.15, 0.2) is 0 Å². The van der Waals surface area contributed by atoms with Crippen molar-refractivity contribution < 1.29 is 4.79 Å². The lowest BCUT2D eigenvalue weighted by Crippen LogP contribution is -2.51. The Balaban J connectivity index is 1.82. The van der Waals surface area contributed by atoms with Crippen LogP contribution in [0.25, 0.3) is 0 Å². The number of anilines is 1. The molecule has 4 heteroatoms. The van der Waals surface area contributed by atoms with Gasteiger partial charge in [-0.05, 0) is 55.8 Å². The predicted octanol–water partition coefficient (Wildman–Crippen LogP) is 2.96. The molecule has 1 amide bonds. The molecule has 0 unspecified atom stereocenters. The van der Waals surface area contributed by atoms with Gasteiger partial charge in [0.05, 0.1) is 17.7 Å². The van der Waals surface area contributed by atoms with Crippen molar-refractivity contribution in [2.24, 2.45) is 5.92 Å². The second-order valence-electron chi connectivity index (χ2n) is 6.86. The van der Waals surface area contributed by atoms with Crippen LogP contribution >= 0.6 is 0 Å². The van der Waals surface area contributed by atoms with Crippen LogP contribution in [0, 0.1) is 17.2 Å². The topological polar surface area (TPSA) is 47.3 Å². The minimum atomic E-state index is -0.0329. The Kier molecular flexibility index (Phi) is 4.68. The van der Waals surface area contributed by atoms with Gasteiger partial charge in [0.2, 0.25) is 5.91 Å². The molecule has 2 heterocycles. The van der Waals surface area contributed by atoms with E-state index in [1.54, 1.807) is 0 Å². The standard InChI is InChI=1S/C19H25N3O/c1-3-17(21-9-4-5-14(2)13-21)19(23)22-10-8-16-7-6-15(12-20)11-18(16)22/h6-7,11,14,17H,3-5,8-10,13H2,1-2H3/t14-,17-/m0/s1. The Morgan fingerprint density at radius 3 is 2.96 bits per heavy atom. The maximum atomic E-state index is 13.1. The number of benzene rings is 1. The van der Waals surface area contributed by atoms with Crippen molar-refractivity contribution in [2.75, 3.05) is 24.5 Å². The molecule has 23 heavy (non-hydrogen) atoms. The Hall–Kier alpha value is -1.86. The molecular formula is C19H25N3O. The SMILES string of the molecule is CC[C@@H](C(=O)N1CCc2ccc(C#N)cc21)N1CCC[C@H](C)C1. The monoisotopic (exact) mass is 311 g/mol. The van der Waals surface area contributed by atoms with E-state index in [9.17, 15) is 4.79 Å². The molecular weight excluding hydrogens is 286 g/mol. The average molecular weight is 311 g/mol. The smallest absolute Gasteiger partial charge is 0.244 e. The lowest BCUT2D eigenvalue weighted by atomic mass is 9.97. The molecule has 4 nitrogen and oxygen atoms in total. The summed E-state index contributed by atoms with van der Waals surface area (Å²) < 4.78 is 0. The van der Waals surface area contributed by atoms with Crippen molar-refractivity contribution in [1.29, 1.82) is 5.26 Å². The molecule has 0 aliphatic carbocycles. The first-order valence-corrected chi connectivity index (χ1v) is 8.72. The van der Waals surface area contributed by atoms with Crippen molar-refractivity contribution in [3.8, 4) is 6.07 Å². The zero-order valence-electron chi connectivity index (χ0n) is 14.1. The molecule has 122 valence electrons. The number of rotatable bonds is 3. The predicted molar refractivity (Wildman–Crippen MR) is 91.3 cm³/mol. The van der Waals surface area contributed by atoms with Crippen LogP contribution in [-0.2, 0) is 11.2 Å². The highest BCUT2D eigenvalue weighted by molar-refractivity contribution is 5.99. The number of carbonyl (C=O) groups is 1. The van der Waals surface area contributed by atoms with Gasteiger partial charge in [-0.1, -0.05) is 19.9 Å². The summed E-state index contributed by atoms with van der Waals surface area (Å²) in [5.74, 6) is 0.872. The zero-order chi connectivity index (χ0) is 16.4. The van der Waals surface area contributed by atoms with Gasteiger partial charge >= 0.3 is 0 Å². The Morgan fingerprint density at radius 1 is 1.43 bits per heavy atom. The molecule has 0 N–H and O–H groups in total. The maximum absolute atomic E-state index is 13.1. The van der Waals surface area contributed by atoms with Crippen molar-refractivity contribution in [1.82, 2.24) is 4.90 Å². The number of fused-ring (bicyclic) bond motifs is 1. The molecule has 0 spiro atoms. The molecule has 2 aliphatic heterocycles. The highest BCUT2D eigenvalue weighted by Crippen LogP contribution is 2.31. The summed E-state index contributed by atoms with van der Waals surface area (Å²) in [6.07, 6.45) is 4.17. The minimum Gasteiger partial charge on any atom is -0.310 e. The molecule has 3 rings (SSSR count). The molecule has 1 fully saturated rings. The summed E-state index contributed by atoms with van der Waals surface area (Å²) in [7, 11) is 0. The third-order valence-electron chi connectivity index (χ3n) is 5.18. The van der Waals surface area contributed by atoms with Gasteiger partial charge in [-0.3, -0.25) is 9.69 Å². The number of carbonyl (C=O) groups excluding carboxylic acids is 1. The van der Waals surface area contributed by atoms with Gasteiger partial charge in [0.25, 0.3) is 0 Å². The summed E-state index contributed by atoms with van der Waals surface area (Å²) in [6.45, 7) is 7.15. The molecule has 0 radical (unpaired) electrons. The van der Waals surface area contributed by atoms with Gasteiger partial charge in [0.1, 0.15) is 0 Å². The quantitative estimate of drug-likeness (QED) is 0.862. The fourth-order valence-electron chi connectivity index (χ4n) is 3.96. The Bertz CT molecular complexity index is 634. The van der Waals surface area contributed by atoms with Gasteiger partial charge in [0, 0.05) is 18.8 Å². The fraction of sp³-hybridized carbons (Fsp3) is 0.579. The third kappa shape index (κ3) is 3.11. The molecule has 1 aromatic rings. The van der Waals surface area contributed by atoms with Crippen molar-refractivity contribution in [2.45, 2.75) is 45.6 Å². The first-order chi connectivity index (χ1) is 11.1. The first-order valence-electron chi connectivity index (χ1n) is 8.72. The van der Waals surface area contributed by atoms with Crippen LogP contribution in [0.1, 0.15) is 44.2 Å². The lowest BCUT2D eigenvalue weighted by molar-refractivity contribution is -0.124. The average Bonchev–Trinajstić information content (AvgIpc) is 2.98. The van der Waals surface area contributed by atoms with Crippen LogP contribution in [0.4, 0.5) is 5.69 Å². The summed E-state index contributed by atoms with van der Waals surface area (Å²) in [4.78, 5) is 17.4. The normalized spacial score (nSPS) is 22.5.